The molecule has 1 N–H and O–H groups in total. The molecule has 0 spiro atoms. The molecule has 3 aromatic rings. The molecule has 2 aliphatic heterocycles. The number of benzene rings is 2. The third-order valence-electron chi connectivity index (χ3n) is 7.16. The van der Waals surface area contributed by atoms with Gasteiger partial charge >= 0.3 is 0 Å². The van der Waals surface area contributed by atoms with Crippen LogP contribution in [0.25, 0.3) is 10.9 Å². The fraction of sp³-hybridized carbons (Fsp3) is 0.370. The minimum Gasteiger partial charge on any atom is -0.497 e. The van der Waals surface area contributed by atoms with Crippen molar-refractivity contribution < 1.29 is 19.1 Å². The molecular weight excluding hydrogens is 430 g/mol. The number of imide groups is 1. The van der Waals surface area contributed by atoms with E-state index in [9.17, 15) is 14.4 Å². The van der Waals surface area contributed by atoms with E-state index in [4.69, 9.17) is 4.74 Å². The van der Waals surface area contributed by atoms with Gasteiger partial charge in [0.15, 0.2) is 0 Å². The summed E-state index contributed by atoms with van der Waals surface area (Å²) in [5.74, 6) is 0.0472. The van der Waals surface area contributed by atoms with Gasteiger partial charge in [-0.1, -0.05) is 26.0 Å². The molecule has 3 amide bonds. The maximum absolute atomic E-state index is 13.6. The first-order chi connectivity index (χ1) is 16.4. The van der Waals surface area contributed by atoms with E-state index in [1.807, 2.05) is 30.9 Å². The SMILES string of the molecule is COc1ccc2[nH]cc(C3CCN(C(=O)C(C(C)C)N4C(=O)c5ccccc5C4=O)CC3)c2c1. The molecule has 1 atom stereocenters. The van der Waals surface area contributed by atoms with Crippen LogP contribution in [0.3, 0.4) is 0 Å². The van der Waals surface area contributed by atoms with Gasteiger partial charge in [-0.2, -0.15) is 0 Å². The number of ether oxygens (including phenoxy) is 1. The van der Waals surface area contributed by atoms with Gasteiger partial charge in [-0.15, -0.1) is 0 Å². The number of carbonyl (C=O) groups is 3. The smallest absolute Gasteiger partial charge is 0.262 e. The topological polar surface area (TPSA) is 82.7 Å². The molecule has 2 aliphatic rings. The first-order valence-corrected chi connectivity index (χ1v) is 11.8. The van der Waals surface area contributed by atoms with Crippen molar-refractivity contribution in [2.24, 2.45) is 5.92 Å². The van der Waals surface area contributed by atoms with Crippen LogP contribution in [0.2, 0.25) is 0 Å². The van der Waals surface area contributed by atoms with E-state index in [2.05, 4.69) is 17.2 Å². The van der Waals surface area contributed by atoms with E-state index >= 15 is 0 Å². The highest BCUT2D eigenvalue weighted by molar-refractivity contribution is 6.22. The highest BCUT2D eigenvalue weighted by Crippen LogP contribution is 2.36. The van der Waals surface area contributed by atoms with Gasteiger partial charge in [0.1, 0.15) is 11.8 Å². The van der Waals surface area contributed by atoms with E-state index in [-0.39, 0.29) is 23.6 Å². The van der Waals surface area contributed by atoms with Crippen molar-refractivity contribution in [3.63, 3.8) is 0 Å². The highest BCUT2D eigenvalue weighted by Gasteiger charge is 2.45. The zero-order valence-electron chi connectivity index (χ0n) is 19.7. The summed E-state index contributed by atoms with van der Waals surface area (Å²) in [7, 11) is 1.66. The van der Waals surface area contributed by atoms with Gasteiger partial charge < -0.3 is 14.6 Å². The van der Waals surface area contributed by atoms with Gasteiger partial charge in [0.25, 0.3) is 11.8 Å². The van der Waals surface area contributed by atoms with Gasteiger partial charge in [0, 0.05) is 30.2 Å². The predicted octanol–water partition coefficient (Wildman–Crippen LogP) is 4.20. The molecule has 7 heteroatoms. The van der Waals surface area contributed by atoms with Gasteiger partial charge in [-0.25, -0.2) is 0 Å². The number of hydrogen-bond donors (Lipinski definition) is 1. The minimum atomic E-state index is -0.804. The van der Waals surface area contributed by atoms with Crippen molar-refractivity contribution in [2.45, 2.75) is 38.6 Å². The number of methoxy groups -OCH3 is 1. The van der Waals surface area contributed by atoms with E-state index < -0.39 is 6.04 Å². The van der Waals surface area contributed by atoms with Crippen LogP contribution in [-0.4, -0.2) is 58.7 Å². The third kappa shape index (κ3) is 3.56. The predicted molar refractivity (Wildman–Crippen MR) is 129 cm³/mol. The lowest BCUT2D eigenvalue weighted by atomic mass is 9.88. The number of rotatable bonds is 5. The summed E-state index contributed by atoms with van der Waals surface area (Å²) in [6.45, 7) is 4.95. The van der Waals surface area contributed by atoms with Crippen molar-refractivity contribution in [1.82, 2.24) is 14.8 Å². The Kier molecular flexibility index (Phi) is 5.63. The second kappa shape index (κ2) is 8.63. The van der Waals surface area contributed by atoms with Crippen molar-refractivity contribution >= 4 is 28.6 Å². The summed E-state index contributed by atoms with van der Waals surface area (Å²) in [6.07, 6.45) is 3.70. The van der Waals surface area contributed by atoms with Crippen LogP contribution in [0.1, 0.15) is 58.9 Å². The standard InChI is InChI=1S/C27H29N3O4/c1-16(2)24(30-25(31)19-6-4-5-7-20(19)26(30)32)27(33)29-12-10-17(11-13-29)22-15-28-23-9-8-18(34-3)14-21(22)23/h4-9,14-17,24,28H,10-13H2,1-3H3. The zero-order chi connectivity index (χ0) is 24.0. The second-order valence-electron chi connectivity index (χ2n) is 9.47. The third-order valence-corrected chi connectivity index (χ3v) is 7.16. The fourth-order valence-electron chi connectivity index (χ4n) is 5.34. The van der Waals surface area contributed by atoms with E-state index in [0.29, 0.717) is 30.1 Å². The van der Waals surface area contributed by atoms with Crippen LogP contribution in [-0.2, 0) is 4.79 Å². The molecule has 3 heterocycles. The number of nitrogens with zero attached hydrogens (tertiary/aromatic N) is 2. The Bertz CT molecular complexity index is 1230. The van der Waals surface area contributed by atoms with Crippen molar-refractivity contribution in [3.8, 4) is 5.75 Å². The normalized spacial score (nSPS) is 17.5. The number of likely N-dealkylation sites (tertiary alicyclic amines) is 1. The van der Waals surface area contributed by atoms with Crippen molar-refractivity contribution in [3.05, 3.63) is 65.4 Å². The zero-order valence-corrected chi connectivity index (χ0v) is 19.7. The number of fused-ring (bicyclic) bond motifs is 2. The molecule has 0 saturated carbocycles. The molecule has 34 heavy (non-hydrogen) atoms. The number of aromatic amines is 1. The van der Waals surface area contributed by atoms with Gasteiger partial charge in [0.2, 0.25) is 5.91 Å². The average Bonchev–Trinajstić information content (AvgIpc) is 3.38. The molecule has 2 aromatic carbocycles. The Morgan fingerprint density at radius 2 is 1.68 bits per heavy atom. The molecule has 5 rings (SSSR count). The number of carbonyl (C=O) groups excluding carboxylic acids is 3. The second-order valence-corrected chi connectivity index (χ2v) is 9.47. The van der Waals surface area contributed by atoms with Gasteiger partial charge in [-0.3, -0.25) is 19.3 Å². The van der Waals surface area contributed by atoms with Crippen molar-refractivity contribution in [1.29, 1.82) is 0 Å². The van der Waals surface area contributed by atoms with Gasteiger partial charge in [-0.05, 0) is 60.6 Å². The average molecular weight is 460 g/mol. The van der Waals surface area contributed by atoms with Crippen LogP contribution in [0.5, 0.6) is 5.75 Å². The number of piperidine rings is 1. The van der Waals surface area contributed by atoms with Crippen LogP contribution in [0, 0.1) is 5.92 Å². The molecule has 1 fully saturated rings. The molecular formula is C27H29N3O4. The minimum absolute atomic E-state index is 0.149. The number of hydrogen-bond acceptors (Lipinski definition) is 4. The molecule has 1 saturated heterocycles. The Morgan fingerprint density at radius 3 is 2.26 bits per heavy atom. The summed E-state index contributed by atoms with van der Waals surface area (Å²) in [4.78, 5) is 46.0. The van der Waals surface area contributed by atoms with Crippen LogP contribution >= 0.6 is 0 Å². The number of H-pyrrole nitrogens is 1. The first-order valence-electron chi connectivity index (χ1n) is 11.8. The van der Waals surface area contributed by atoms with E-state index in [1.54, 1.807) is 31.4 Å². The number of nitrogens with one attached hydrogen (secondary N) is 1. The molecule has 0 bridgehead atoms. The summed E-state index contributed by atoms with van der Waals surface area (Å²) < 4.78 is 5.39. The maximum Gasteiger partial charge on any atom is 0.262 e. The Hall–Kier alpha value is -3.61. The Labute approximate surface area is 198 Å². The summed E-state index contributed by atoms with van der Waals surface area (Å²) >= 11 is 0. The van der Waals surface area contributed by atoms with Gasteiger partial charge in [0.05, 0.1) is 18.2 Å². The molecule has 1 aromatic heterocycles. The molecule has 0 radical (unpaired) electrons. The summed E-state index contributed by atoms with van der Waals surface area (Å²) in [5.41, 5.74) is 3.06. The fourth-order valence-corrected chi connectivity index (χ4v) is 5.34. The lowest BCUT2D eigenvalue weighted by Gasteiger charge is -2.37. The monoisotopic (exact) mass is 459 g/mol. The lowest BCUT2D eigenvalue weighted by Crippen LogP contribution is -2.54. The highest BCUT2D eigenvalue weighted by atomic mass is 16.5. The summed E-state index contributed by atoms with van der Waals surface area (Å²) in [6, 6.07) is 12.0. The van der Waals surface area contributed by atoms with E-state index in [1.165, 1.54) is 10.5 Å². The van der Waals surface area contributed by atoms with Crippen LogP contribution in [0.15, 0.2) is 48.7 Å². The number of amides is 3. The molecule has 176 valence electrons. The van der Waals surface area contributed by atoms with Crippen LogP contribution in [0.4, 0.5) is 0 Å². The van der Waals surface area contributed by atoms with Crippen molar-refractivity contribution in [2.75, 3.05) is 20.2 Å². The maximum atomic E-state index is 13.6. The quantitative estimate of drug-likeness (QED) is 0.580. The van der Waals surface area contributed by atoms with E-state index in [0.717, 1.165) is 29.5 Å². The van der Waals surface area contributed by atoms with Crippen LogP contribution < -0.4 is 4.74 Å². The Morgan fingerprint density at radius 1 is 1.03 bits per heavy atom. The lowest BCUT2D eigenvalue weighted by molar-refractivity contribution is -0.138. The summed E-state index contributed by atoms with van der Waals surface area (Å²) in [5, 5.41) is 1.15. The largest absolute Gasteiger partial charge is 0.497 e. The molecule has 1 unspecified atom stereocenters. The molecule has 7 nitrogen and oxygen atoms in total. The number of aromatic nitrogens is 1. The first kappa shape index (κ1) is 22.2. The molecule has 0 aliphatic carbocycles. The Balaban J connectivity index is 1.33.